The van der Waals surface area contributed by atoms with Gasteiger partial charge in [0.15, 0.2) is 5.78 Å². The number of ether oxygens (including phenoxy) is 1. The van der Waals surface area contributed by atoms with Crippen molar-refractivity contribution in [3.63, 3.8) is 0 Å². The quantitative estimate of drug-likeness (QED) is 0.429. The first-order valence-corrected chi connectivity index (χ1v) is 12.3. The summed E-state index contributed by atoms with van der Waals surface area (Å²) in [5.41, 5.74) is 3.38. The van der Waals surface area contributed by atoms with Gasteiger partial charge in [-0.2, -0.15) is 0 Å². The highest BCUT2D eigenvalue weighted by molar-refractivity contribution is 5.97. The van der Waals surface area contributed by atoms with E-state index in [1.54, 1.807) is 6.08 Å². The molecule has 0 bridgehead atoms. The van der Waals surface area contributed by atoms with Crippen LogP contribution in [0.4, 0.5) is 0 Å². The Morgan fingerprint density at radius 3 is 2.34 bits per heavy atom. The van der Waals surface area contributed by atoms with E-state index in [2.05, 4.69) is 58.7 Å². The average molecular weight is 433 g/mol. The van der Waals surface area contributed by atoms with E-state index in [1.807, 2.05) is 6.08 Å². The van der Waals surface area contributed by atoms with Gasteiger partial charge in [-0.05, 0) is 86.6 Å². The molecule has 0 saturated carbocycles. The Hall–Kier alpha value is -2.43. The van der Waals surface area contributed by atoms with Crippen molar-refractivity contribution in [2.45, 2.75) is 51.0 Å². The van der Waals surface area contributed by atoms with Crippen molar-refractivity contribution in [3.8, 4) is 16.9 Å². The predicted molar refractivity (Wildman–Crippen MR) is 132 cm³/mol. The molecule has 2 aliphatic heterocycles. The second-order valence-corrected chi connectivity index (χ2v) is 8.99. The van der Waals surface area contributed by atoms with Crippen LogP contribution >= 0.6 is 0 Å². The highest BCUT2D eigenvalue weighted by atomic mass is 16.5. The third-order valence-electron chi connectivity index (χ3n) is 6.53. The van der Waals surface area contributed by atoms with Crippen LogP contribution in [0.5, 0.6) is 5.75 Å². The van der Waals surface area contributed by atoms with Crippen LogP contribution in [0, 0.1) is 0 Å². The number of hydrogen-bond acceptors (Lipinski definition) is 4. The summed E-state index contributed by atoms with van der Waals surface area (Å²) >= 11 is 0. The average Bonchev–Trinajstić information content (AvgIpc) is 2.87. The van der Waals surface area contributed by atoms with Gasteiger partial charge in [-0.1, -0.05) is 55.3 Å². The van der Waals surface area contributed by atoms with E-state index in [0.29, 0.717) is 0 Å². The van der Waals surface area contributed by atoms with E-state index >= 15 is 0 Å². The molecule has 2 aromatic carbocycles. The normalized spacial score (nSPS) is 19.8. The third-order valence-corrected chi connectivity index (χ3v) is 6.53. The zero-order valence-electron chi connectivity index (χ0n) is 19.1. The molecule has 2 aliphatic rings. The van der Waals surface area contributed by atoms with Gasteiger partial charge in [0.2, 0.25) is 0 Å². The molecule has 1 atom stereocenters. The summed E-state index contributed by atoms with van der Waals surface area (Å²) in [6, 6.07) is 16.7. The molecule has 0 amide bonds. The van der Waals surface area contributed by atoms with Crippen LogP contribution in [-0.4, -0.2) is 49.5 Å². The maximum absolute atomic E-state index is 12.3. The number of carbonyl (C=O) groups is 1. The van der Waals surface area contributed by atoms with Gasteiger partial charge in [0.25, 0.3) is 0 Å². The number of hydrogen-bond donors (Lipinski definition) is 1. The van der Waals surface area contributed by atoms with Crippen LogP contribution in [0.2, 0.25) is 0 Å². The summed E-state index contributed by atoms with van der Waals surface area (Å²) in [5.74, 6) is 1.11. The van der Waals surface area contributed by atoms with Crippen molar-refractivity contribution in [3.05, 3.63) is 60.2 Å². The summed E-state index contributed by atoms with van der Waals surface area (Å²) in [5, 5.41) is 3.31. The van der Waals surface area contributed by atoms with Gasteiger partial charge < -0.3 is 15.0 Å². The van der Waals surface area contributed by atoms with Crippen molar-refractivity contribution in [1.29, 1.82) is 0 Å². The lowest BCUT2D eigenvalue weighted by Gasteiger charge is -2.26. The summed E-state index contributed by atoms with van der Waals surface area (Å²) in [6.07, 6.45) is 12.0. The van der Waals surface area contributed by atoms with E-state index in [-0.39, 0.29) is 11.8 Å². The van der Waals surface area contributed by atoms with Crippen molar-refractivity contribution in [2.75, 3.05) is 32.8 Å². The molecule has 4 nitrogen and oxygen atoms in total. The Balaban J connectivity index is 1.23. The van der Waals surface area contributed by atoms with Crippen molar-refractivity contribution < 1.29 is 9.53 Å². The zero-order valence-corrected chi connectivity index (χ0v) is 19.1. The molecule has 2 saturated heterocycles. The van der Waals surface area contributed by atoms with Crippen LogP contribution in [0.1, 0.15) is 50.5 Å². The van der Waals surface area contributed by atoms with Gasteiger partial charge in [0.1, 0.15) is 5.75 Å². The second kappa shape index (κ2) is 12.0. The molecule has 0 aliphatic carbocycles. The molecule has 1 unspecified atom stereocenters. The van der Waals surface area contributed by atoms with Crippen LogP contribution < -0.4 is 10.1 Å². The van der Waals surface area contributed by atoms with Gasteiger partial charge in [-0.25, -0.2) is 0 Å². The Morgan fingerprint density at radius 2 is 1.66 bits per heavy atom. The topological polar surface area (TPSA) is 41.6 Å². The summed E-state index contributed by atoms with van der Waals surface area (Å²) < 4.78 is 5.94. The lowest BCUT2D eigenvalue weighted by Crippen LogP contribution is -2.39. The first-order valence-electron chi connectivity index (χ1n) is 12.3. The largest absolute Gasteiger partial charge is 0.494 e. The number of benzene rings is 2. The molecular weight excluding hydrogens is 396 g/mol. The molecule has 0 aromatic heterocycles. The maximum Gasteiger partial charge on any atom is 0.172 e. The molecule has 1 N–H and O–H groups in total. The molecule has 2 aromatic rings. The molecule has 4 heteroatoms. The highest BCUT2D eigenvalue weighted by Crippen LogP contribution is 2.23. The minimum absolute atomic E-state index is 0.00947. The monoisotopic (exact) mass is 432 g/mol. The number of nitrogens with one attached hydrogen (secondary N) is 1. The highest BCUT2D eigenvalue weighted by Gasteiger charge is 2.17. The molecule has 170 valence electrons. The van der Waals surface area contributed by atoms with E-state index in [4.69, 9.17) is 4.74 Å². The second-order valence-electron chi connectivity index (χ2n) is 8.99. The van der Waals surface area contributed by atoms with E-state index in [9.17, 15) is 4.79 Å². The molecule has 0 spiro atoms. The lowest BCUT2D eigenvalue weighted by atomic mass is 10.00. The van der Waals surface area contributed by atoms with E-state index in [1.165, 1.54) is 49.9 Å². The van der Waals surface area contributed by atoms with E-state index in [0.717, 1.165) is 50.3 Å². The van der Waals surface area contributed by atoms with Crippen LogP contribution in [-0.2, 0) is 4.79 Å². The summed E-state index contributed by atoms with van der Waals surface area (Å²) in [6.45, 7) is 5.35. The number of rotatable bonds is 9. The van der Waals surface area contributed by atoms with Crippen molar-refractivity contribution in [2.24, 2.45) is 0 Å². The predicted octanol–water partition coefficient (Wildman–Crippen LogP) is 5.33. The minimum Gasteiger partial charge on any atom is -0.494 e. The summed E-state index contributed by atoms with van der Waals surface area (Å²) in [7, 11) is 0. The standard InChI is InChI=1S/C28H36N2O2/c31-28(27-7-2-3-18-29-27)17-10-23-8-11-24(12-9-23)25-13-15-26(16-14-25)32-22-6-21-30-19-4-1-5-20-30/h8-17,27,29H,1-7,18-22H2. The van der Waals surface area contributed by atoms with E-state index < -0.39 is 0 Å². The van der Waals surface area contributed by atoms with Gasteiger partial charge in [-0.3, -0.25) is 4.79 Å². The number of likely N-dealkylation sites (tertiary alicyclic amines) is 1. The molecule has 2 heterocycles. The molecule has 4 rings (SSSR count). The first-order chi connectivity index (χ1) is 15.8. The van der Waals surface area contributed by atoms with Gasteiger partial charge in [0.05, 0.1) is 12.6 Å². The first kappa shape index (κ1) is 22.8. The number of carbonyl (C=O) groups excluding carboxylic acids is 1. The van der Waals surface area contributed by atoms with Gasteiger partial charge in [-0.15, -0.1) is 0 Å². The Kier molecular flexibility index (Phi) is 8.52. The van der Waals surface area contributed by atoms with Crippen LogP contribution in [0.25, 0.3) is 17.2 Å². The van der Waals surface area contributed by atoms with Crippen LogP contribution in [0.3, 0.4) is 0 Å². The Labute approximate surface area is 192 Å². The van der Waals surface area contributed by atoms with Gasteiger partial charge in [0, 0.05) is 6.54 Å². The Morgan fingerprint density at radius 1 is 0.938 bits per heavy atom. The molecule has 32 heavy (non-hydrogen) atoms. The van der Waals surface area contributed by atoms with Gasteiger partial charge >= 0.3 is 0 Å². The third kappa shape index (κ3) is 6.78. The zero-order chi connectivity index (χ0) is 22.0. The number of piperidine rings is 2. The molecule has 0 radical (unpaired) electrons. The number of nitrogens with zero attached hydrogens (tertiary/aromatic N) is 1. The SMILES string of the molecule is O=C(C=Cc1ccc(-c2ccc(OCCCN3CCCCC3)cc2)cc1)C1CCCCN1. The minimum atomic E-state index is -0.00947. The molecular formula is C28H36N2O2. The fourth-order valence-corrected chi connectivity index (χ4v) is 4.58. The Bertz CT molecular complexity index is 861. The lowest BCUT2D eigenvalue weighted by molar-refractivity contribution is -0.116. The fraction of sp³-hybridized carbons (Fsp3) is 0.464. The molecule has 2 fully saturated rings. The number of ketones is 1. The summed E-state index contributed by atoms with van der Waals surface area (Å²) in [4.78, 5) is 14.9. The maximum atomic E-state index is 12.3. The fourth-order valence-electron chi connectivity index (χ4n) is 4.58. The smallest absolute Gasteiger partial charge is 0.172 e. The van der Waals surface area contributed by atoms with Crippen LogP contribution in [0.15, 0.2) is 54.6 Å². The van der Waals surface area contributed by atoms with Crippen molar-refractivity contribution in [1.82, 2.24) is 10.2 Å². The van der Waals surface area contributed by atoms with Crippen molar-refractivity contribution >= 4 is 11.9 Å².